The molecule has 99 valence electrons. The summed E-state index contributed by atoms with van der Waals surface area (Å²) >= 11 is 0. The van der Waals surface area contributed by atoms with Gasteiger partial charge in [0.15, 0.2) is 11.5 Å². The Morgan fingerprint density at radius 2 is 1.94 bits per heavy atom. The first-order valence-electron chi connectivity index (χ1n) is 5.50. The van der Waals surface area contributed by atoms with Crippen molar-refractivity contribution in [1.29, 1.82) is 0 Å². The Balaban J connectivity index is 2.87. The summed E-state index contributed by atoms with van der Waals surface area (Å²) in [6, 6.07) is 6.15. The van der Waals surface area contributed by atoms with E-state index in [1.54, 1.807) is 32.9 Å². The normalized spacial score (nSPS) is 10.7. The Labute approximate surface area is 107 Å². The molecule has 0 saturated heterocycles. The van der Waals surface area contributed by atoms with E-state index in [9.17, 15) is 4.79 Å². The second-order valence-electron chi connectivity index (χ2n) is 4.58. The maximum absolute atomic E-state index is 11.7. The third-order valence-corrected chi connectivity index (χ3v) is 1.96. The molecule has 0 aromatic heterocycles. The first-order valence-corrected chi connectivity index (χ1v) is 5.50. The molecule has 0 aliphatic carbocycles. The molecule has 1 amide bonds. The summed E-state index contributed by atoms with van der Waals surface area (Å²) in [5.41, 5.74) is -0.0789. The maximum atomic E-state index is 11.7. The number of hydrogen-bond acceptors (Lipinski definition) is 4. The standard InChI is InChI=1S/C13H18NO4/c1-13(2,3)18-12(15)14-9-7-6-8-10(16-4)11(9)17-5/h6-7H,1-5H3,(H,14,15). The average molecular weight is 252 g/mol. The minimum absolute atomic E-state index is 0.408. The van der Waals surface area contributed by atoms with Crippen molar-refractivity contribution >= 4 is 11.8 Å². The topological polar surface area (TPSA) is 56.8 Å². The number of benzene rings is 1. The fraction of sp³-hybridized carbons (Fsp3) is 0.462. The minimum atomic E-state index is -0.553. The van der Waals surface area contributed by atoms with E-state index in [0.717, 1.165) is 0 Å². The highest BCUT2D eigenvalue weighted by atomic mass is 16.6. The quantitative estimate of drug-likeness (QED) is 0.898. The van der Waals surface area contributed by atoms with E-state index >= 15 is 0 Å². The van der Waals surface area contributed by atoms with Gasteiger partial charge in [0.1, 0.15) is 5.60 Å². The van der Waals surface area contributed by atoms with Crippen molar-refractivity contribution in [1.82, 2.24) is 0 Å². The molecule has 0 saturated carbocycles. The molecule has 0 bridgehead atoms. The van der Waals surface area contributed by atoms with Crippen LogP contribution in [0.25, 0.3) is 0 Å². The minimum Gasteiger partial charge on any atom is -0.492 e. The van der Waals surface area contributed by atoms with E-state index in [1.807, 2.05) is 0 Å². The van der Waals surface area contributed by atoms with Gasteiger partial charge in [0.05, 0.1) is 19.9 Å². The molecule has 0 unspecified atom stereocenters. The number of amides is 1. The van der Waals surface area contributed by atoms with E-state index in [1.165, 1.54) is 14.2 Å². The van der Waals surface area contributed by atoms with Crippen LogP contribution in [0.3, 0.4) is 0 Å². The highest BCUT2D eigenvalue weighted by molar-refractivity contribution is 5.87. The number of methoxy groups -OCH3 is 2. The Hall–Kier alpha value is -1.91. The van der Waals surface area contributed by atoms with Crippen LogP contribution in [0.15, 0.2) is 12.1 Å². The van der Waals surface area contributed by atoms with Gasteiger partial charge in [-0.2, -0.15) is 0 Å². The summed E-state index contributed by atoms with van der Waals surface area (Å²) in [6.07, 6.45) is -0.547. The van der Waals surface area contributed by atoms with Crippen molar-refractivity contribution in [3.05, 3.63) is 18.2 Å². The summed E-state index contributed by atoms with van der Waals surface area (Å²) in [6.45, 7) is 5.38. The molecule has 0 spiro atoms. The molecule has 5 heteroatoms. The highest BCUT2D eigenvalue weighted by Crippen LogP contribution is 2.34. The van der Waals surface area contributed by atoms with Crippen molar-refractivity contribution in [2.24, 2.45) is 0 Å². The van der Waals surface area contributed by atoms with E-state index in [4.69, 9.17) is 14.2 Å². The third kappa shape index (κ3) is 3.84. The van der Waals surface area contributed by atoms with Crippen molar-refractivity contribution in [2.45, 2.75) is 26.4 Å². The van der Waals surface area contributed by atoms with Crippen LogP contribution in [0.1, 0.15) is 20.8 Å². The van der Waals surface area contributed by atoms with Crippen molar-refractivity contribution in [3.8, 4) is 11.5 Å². The summed E-state index contributed by atoms with van der Waals surface area (Å²) in [5, 5.41) is 2.61. The molecule has 0 aliphatic rings. The van der Waals surface area contributed by atoms with Gasteiger partial charge in [0, 0.05) is 6.07 Å². The van der Waals surface area contributed by atoms with Gasteiger partial charge in [-0.05, 0) is 32.9 Å². The van der Waals surface area contributed by atoms with Crippen LogP contribution in [0, 0.1) is 6.07 Å². The van der Waals surface area contributed by atoms with E-state index in [0.29, 0.717) is 17.2 Å². The Kier molecular flexibility index (Phi) is 4.42. The lowest BCUT2D eigenvalue weighted by molar-refractivity contribution is 0.0635. The highest BCUT2D eigenvalue weighted by Gasteiger charge is 2.18. The Bertz CT molecular complexity index is 423. The molecule has 1 rings (SSSR count). The SMILES string of the molecule is COc1[c]ccc(NC(=O)OC(C)(C)C)c1OC. The summed E-state index contributed by atoms with van der Waals surface area (Å²) in [4.78, 5) is 11.7. The first-order chi connectivity index (χ1) is 8.37. The van der Waals surface area contributed by atoms with Crippen molar-refractivity contribution in [3.63, 3.8) is 0 Å². The first kappa shape index (κ1) is 14.2. The zero-order valence-corrected chi connectivity index (χ0v) is 11.3. The molecule has 1 aromatic rings. The lowest BCUT2D eigenvalue weighted by Crippen LogP contribution is -2.27. The van der Waals surface area contributed by atoms with Gasteiger partial charge >= 0.3 is 6.09 Å². The lowest BCUT2D eigenvalue weighted by Gasteiger charge is -2.20. The smallest absolute Gasteiger partial charge is 0.412 e. The number of nitrogens with one attached hydrogen (secondary N) is 1. The molecule has 18 heavy (non-hydrogen) atoms. The van der Waals surface area contributed by atoms with Crippen LogP contribution in [-0.4, -0.2) is 25.9 Å². The number of hydrogen-bond donors (Lipinski definition) is 1. The van der Waals surface area contributed by atoms with Gasteiger partial charge < -0.3 is 14.2 Å². The van der Waals surface area contributed by atoms with E-state index in [-0.39, 0.29) is 0 Å². The molecule has 1 aromatic carbocycles. The van der Waals surface area contributed by atoms with Crippen LogP contribution in [-0.2, 0) is 4.74 Å². The van der Waals surface area contributed by atoms with E-state index < -0.39 is 11.7 Å². The van der Waals surface area contributed by atoms with Gasteiger partial charge in [-0.15, -0.1) is 0 Å². The molecule has 0 aliphatic heterocycles. The number of carbonyl (C=O) groups excluding carboxylic acids is 1. The van der Waals surface area contributed by atoms with Crippen molar-refractivity contribution < 1.29 is 19.0 Å². The van der Waals surface area contributed by atoms with E-state index in [2.05, 4.69) is 11.4 Å². The molecular formula is C13H18NO4. The number of ether oxygens (including phenoxy) is 3. The molecule has 0 fully saturated rings. The molecule has 5 nitrogen and oxygen atoms in total. The fourth-order valence-electron chi connectivity index (χ4n) is 1.33. The van der Waals surface area contributed by atoms with Crippen LogP contribution >= 0.6 is 0 Å². The summed E-state index contributed by atoms with van der Waals surface area (Å²) in [5.74, 6) is 0.830. The van der Waals surface area contributed by atoms with Gasteiger partial charge in [-0.1, -0.05) is 0 Å². The molecule has 0 atom stereocenters. The predicted molar refractivity (Wildman–Crippen MR) is 68.2 cm³/mol. The fourth-order valence-corrected chi connectivity index (χ4v) is 1.33. The molecule has 1 radical (unpaired) electrons. The second-order valence-corrected chi connectivity index (χ2v) is 4.58. The van der Waals surface area contributed by atoms with Crippen LogP contribution in [0.2, 0.25) is 0 Å². The molecular weight excluding hydrogens is 234 g/mol. The number of anilines is 1. The lowest BCUT2D eigenvalue weighted by atomic mass is 10.2. The monoisotopic (exact) mass is 252 g/mol. The van der Waals surface area contributed by atoms with Crippen LogP contribution < -0.4 is 14.8 Å². The van der Waals surface area contributed by atoms with Crippen LogP contribution in [0.5, 0.6) is 11.5 Å². The second kappa shape index (κ2) is 5.62. The Morgan fingerprint density at radius 1 is 1.28 bits per heavy atom. The van der Waals surface area contributed by atoms with Crippen LogP contribution in [0.4, 0.5) is 10.5 Å². The maximum Gasteiger partial charge on any atom is 0.412 e. The summed E-state index contributed by atoms with van der Waals surface area (Å²) < 4.78 is 15.4. The zero-order chi connectivity index (χ0) is 13.8. The average Bonchev–Trinajstić information content (AvgIpc) is 2.25. The molecule has 0 heterocycles. The van der Waals surface area contributed by atoms with Gasteiger partial charge in [0.25, 0.3) is 0 Å². The van der Waals surface area contributed by atoms with Gasteiger partial charge in [-0.3, -0.25) is 5.32 Å². The largest absolute Gasteiger partial charge is 0.492 e. The Morgan fingerprint density at radius 3 is 2.44 bits per heavy atom. The van der Waals surface area contributed by atoms with Crippen molar-refractivity contribution in [2.75, 3.05) is 19.5 Å². The number of carbonyl (C=O) groups is 1. The van der Waals surface area contributed by atoms with Gasteiger partial charge in [0.2, 0.25) is 0 Å². The predicted octanol–water partition coefficient (Wildman–Crippen LogP) is 2.85. The third-order valence-electron chi connectivity index (χ3n) is 1.96. The van der Waals surface area contributed by atoms with Gasteiger partial charge in [-0.25, -0.2) is 4.79 Å². The zero-order valence-electron chi connectivity index (χ0n) is 11.3. The number of rotatable bonds is 3. The summed E-state index contributed by atoms with van der Waals surface area (Å²) in [7, 11) is 3.00. The molecule has 1 N–H and O–H groups in total.